The van der Waals surface area contributed by atoms with Gasteiger partial charge in [0.1, 0.15) is 11.3 Å². The number of aryl methyl sites for hydroxylation is 1. The van der Waals surface area contributed by atoms with Crippen molar-refractivity contribution < 1.29 is 14.6 Å². The molecule has 20 heavy (non-hydrogen) atoms. The number of aromatic nitrogens is 1. The van der Waals surface area contributed by atoms with Crippen LogP contribution in [0.5, 0.6) is 5.75 Å². The summed E-state index contributed by atoms with van der Waals surface area (Å²) in [6.45, 7) is 4.83. The van der Waals surface area contributed by atoms with E-state index in [1.54, 1.807) is 6.20 Å². The second-order valence-electron chi connectivity index (χ2n) is 5.22. The molecule has 1 N–H and O–H groups in total. The number of ether oxygens (including phenoxy) is 1. The molecule has 0 saturated heterocycles. The number of carboxylic acids is 1. The van der Waals surface area contributed by atoms with Crippen LogP contribution in [0.2, 0.25) is 0 Å². The Balaban J connectivity index is 2.33. The standard InChI is InChI=1S/C16H19NO3/c1-11(2)10-20-14-7-5-12(6-8-15(18)19)13-4-3-9-17-16(13)14/h3-5,7,9,11H,6,8,10H2,1-2H3,(H,18,19). The minimum atomic E-state index is -0.790. The third kappa shape index (κ3) is 3.47. The highest BCUT2D eigenvalue weighted by atomic mass is 16.5. The molecule has 0 bridgehead atoms. The fourth-order valence-corrected chi connectivity index (χ4v) is 2.04. The number of aliphatic carboxylic acids is 1. The molecule has 0 aliphatic rings. The molecule has 0 unspecified atom stereocenters. The van der Waals surface area contributed by atoms with E-state index in [2.05, 4.69) is 18.8 Å². The third-order valence-electron chi connectivity index (χ3n) is 3.00. The van der Waals surface area contributed by atoms with Gasteiger partial charge in [0, 0.05) is 18.0 Å². The lowest BCUT2D eigenvalue weighted by atomic mass is 10.0. The number of hydrogen-bond acceptors (Lipinski definition) is 3. The minimum absolute atomic E-state index is 0.121. The Bertz CT molecular complexity index is 608. The van der Waals surface area contributed by atoms with E-state index in [0.29, 0.717) is 18.9 Å². The average Bonchev–Trinajstić information content (AvgIpc) is 2.43. The largest absolute Gasteiger partial charge is 0.491 e. The number of pyridine rings is 1. The van der Waals surface area contributed by atoms with E-state index >= 15 is 0 Å². The van der Waals surface area contributed by atoms with Gasteiger partial charge in [-0.3, -0.25) is 9.78 Å². The maximum absolute atomic E-state index is 10.7. The highest BCUT2D eigenvalue weighted by molar-refractivity contribution is 5.87. The van der Waals surface area contributed by atoms with Crippen LogP contribution in [0.4, 0.5) is 0 Å². The summed E-state index contributed by atoms with van der Waals surface area (Å²) < 4.78 is 5.78. The van der Waals surface area contributed by atoms with Crippen molar-refractivity contribution in [3.8, 4) is 5.75 Å². The lowest BCUT2D eigenvalue weighted by Crippen LogP contribution is -2.05. The Morgan fingerprint density at radius 1 is 1.35 bits per heavy atom. The summed E-state index contributed by atoms with van der Waals surface area (Å²) in [7, 11) is 0. The van der Waals surface area contributed by atoms with Gasteiger partial charge in [-0.1, -0.05) is 26.0 Å². The van der Waals surface area contributed by atoms with E-state index < -0.39 is 5.97 Å². The number of nitrogens with zero attached hydrogens (tertiary/aromatic N) is 1. The number of carboxylic acid groups (broad SMARTS) is 1. The predicted molar refractivity (Wildman–Crippen MR) is 78.0 cm³/mol. The SMILES string of the molecule is CC(C)COc1ccc(CCC(=O)O)c2cccnc12. The molecule has 0 spiro atoms. The van der Waals surface area contributed by atoms with Crippen LogP contribution in [-0.4, -0.2) is 22.7 Å². The van der Waals surface area contributed by atoms with Crippen molar-refractivity contribution in [2.75, 3.05) is 6.61 Å². The van der Waals surface area contributed by atoms with E-state index in [1.807, 2.05) is 24.3 Å². The monoisotopic (exact) mass is 273 g/mol. The van der Waals surface area contributed by atoms with E-state index in [0.717, 1.165) is 22.2 Å². The first-order valence-corrected chi connectivity index (χ1v) is 6.79. The van der Waals surface area contributed by atoms with Crippen molar-refractivity contribution in [1.29, 1.82) is 0 Å². The van der Waals surface area contributed by atoms with Gasteiger partial charge in [0.15, 0.2) is 0 Å². The summed E-state index contributed by atoms with van der Waals surface area (Å²) in [6.07, 6.45) is 2.35. The van der Waals surface area contributed by atoms with Gasteiger partial charge in [-0.2, -0.15) is 0 Å². The van der Waals surface area contributed by atoms with Crippen LogP contribution >= 0.6 is 0 Å². The van der Waals surface area contributed by atoms with Gasteiger partial charge in [-0.25, -0.2) is 0 Å². The molecule has 1 heterocycles. The lowest BCUT2D eigenvalue weighted by Gasteiger charge is -2.12. The van der Waals surface area contributed by atoms with Crippen LogP contribution in [0.25, 0.3) is 10.9 Å². The molecule has 4 heteroatoms. The van der Waals surface area contributed by atoms with Crippen molar-refractivity contribution in [3.05, 3.63) is 36.0 Å². The topological polar surface area (TPSA) is 59.4 Å². The summed E-state index contributed by atoms with van der Waals surface area (Å²) in [5, 5.41) is 9.77. The maximum Gasteiger partial charge on any atom is 0.303 e. The van der Waals surface area contributed by atoms with Crippen molar-refractivity contribution in [2.24, 2.45) is 5.92 Å². The van der Waals surface area contributed by atoms with E-state index in [1.165, 1.54) is 0 Å². The zero-order valence-corrected chi connectivity index (χ0v) is 11.8. The molecule has 106 valence electrons. The van der Waals surface area contributed by atoms with Crippen molar-refractivity contribution in [2.45, 2.75) is 26.7 Å². The smallest absolute Gasteiger partial charge is 0.303 e. The summed E-state index contributed by atoms with van der Waals surface area (Å²) >= 11 is 0. The summed E-state index contributed by atoms with van der Waals surface area (Å²) in [5.41, 5.74) is 1.79. The number of rotatable bonds is 6. The van der Waals surface area contributed by atoms with Crippen molar-refractivity contribution >= 4 is 16.9 Å². The van der Waals surface area contributed by atoms with Gasteiger partial charge in [0.05, 0.1) is 6.61 Å². The van der Waals surface area contributed by atoms with Gasteiger partial charge in [-0.15, -0.1) is 0 Å². The normalized spacial score (nSPS) is 10.9. The Morgan fingerprint density at radius 2 is 2.15 bits per heavy atom. The highest BCUT2D eigenvalue weighted by Crippen LogP contribution is 2.27. The quantitative estimate of drug-likeness (QED) is 0.877. The first-order chi connectivity index (χ1) is 9.58. The average molecular weight is 273 g/mol. The molecule has 0 aliphatic carbocycles. The molecule has 0 atom stereocenters. The fraction of sp³-hybridized carbons (Fsp3) is 0.375. The Morgan fingerprint density at radius 3 is 2.85 bits per heavy atom. The number of fused-ring (bicyclic) bond motifs is 1. The van der Waals surface area contributed by atoms with Gasteiger partial charge in [-0.05, 0) is 30.0 Å². The Kier molecular flexibility index (Phi) is 4.56. The van der Waals surface area contributed by atoms with Crippen LogP contribution in [0, 0.1) is 5.92 Å². The van der Waals surface area contributed by atoms with Gasteiger partial charge >= 0.3 is 5.97 Å². The number of benzene rings is 1. The van der Waals surface area contributed by atoms with Crippen molar-refractivity contribution in [1.82, 2.24) is 4.98 Å². The second-order valence-corrected chi connectivity index (χ2v) is 5.22. The maximum atomic E-state index is 10.7. The number of carbonyl (C=O) groups is 1. The van der Waals surface area contributed by atoms with Crippen LogP contribution in [-0.2, 0) is 11.2 Å². The zero-order chi connectivity index (χ0) is 14.5. The Labute approximate surface area is 118 Å². The van der Waals surface area contributed by atoms with Crippen LogP contribution in [0.1, 0.15) is 25.8 Å². The summed E-state index contributed by atoms with van der Waals surface area (Å²) in [4.78, 5) is 15.1. The van der Waals surface area contributed by atoms with Crippen LogP contribution in [0.3, 0.4) is 0 Å². The summed E-state index contributed by atoms with van der Waals surface area (Å²) in [6, 6.07) is 7.64. The zero-order valence-electron chi connectivity index (χ0n) is 11.8. The molecule has 4 nitrogen and oxygen atoms in total. The molecule has 0 fully saturated rings. The molecule has 0 saturated carbocycles. The molecular weight excluding hydrogens is 254 g/mol. The Hall–Kier alpha value is -2.10. The summed E-state index contributed by atoms with van der Waals surface area (Å²) in [5.74, 6) is 0.413. The first-order valence-electron chi connectivity index (χ1n) is 6.79. The minimum Gasteiger partial charge on any atom is -0.491 e. The lowest BCUT2D eigenvalue weighted by molar-refractivity contribution is -0.136. The molecule has 1 aromatic carbocycles. The molecule has 0 amide bonds. The van der Waals surface area contributed by atoms with Gasteiger partial charge < -0.3 is 9.84 Å². The van der Waals surface area contributed by atoms with Crippen LogP contribution in [0.15, 0.2) is 30.5 Å². The number of hydrogen-bond donors (Lipinski definition) is 1. The van der Waals surface area contributed by atoms with Crippen molar-refractivity contribution in [3.63, 3.8) is 0 Å². The fourth-order valence-electron chi connectivity index (χ4n) is 2.04. The van der Waals surface area contributed by atoms with Crippen LogP contribution < -0.4 is 4.74 Å². The van der Waals surface area contributed by atoms with E-state index in [4.69, 9.17) is 9.84 Å². The molecule has 0 aliphatic heterocycles. The second kappa shape index (κ2) is 6.37. The highest BCUT2D eigenvalue weighted by Gasteiger charge is 2.09. The molecule has 2 rings (SSSR count). The van der Waals surface area contributed by atoms with E-state index in [9.17, 15) is 4.79 Å². The predicted octanol–water partition coefficient (Wildman–Crippen LogP) is 3.29. The molecule has 2 aromatic rings. The third-order valence-corrected chi connectivity index (χ3v) is 3.00. The molecular formula is C16H19NO3. The molecule has 0 radical (unpaired) electrons. The first kappa shape index (κ1) is 14.3. The molecule has 1 aromatic heterocycles. The van der Waals surface area contributed by atoms with E-state index in [-0.39, 0.29) is 6.42 Å². The van der Waals surface area contributed by atoms with Gasteiger partial charge in [0.25, 0.3) is 0 Å². The van der Waals surface area contributed by atoms with Gasteiger partial charge in [0.2, 0.25) is 0 Å².